The summed E-state index contributed by atoms with van der Waals surface area (Å²) < 4.78 is 13.4. The van der Waals surface area contributed by atoms with E-state index in [-0.39, 0.29) is 12.3 Å². The van der Waals surface area contributed by atoms with E-state index in [2.05, 4.69) is 5.32 Å². The van der Waals surface area contributed by atoms with Crippen molar-refractivity contribution >= 4 is 23.2 Å². The Balaban J connectivity index is 1.96. The van der Waals surface area contributed by atoms with Crippen molar-refractivity contribution < 1.29 is 14.0 Å². The molecule has 0 bridgehead atoms. The molecule has 2 rings (SSSR count). The maximum absolute atomic E-state index is 13.4. The second kappa shape index (κ2) is 6.85. The number of aryl methyl sites for hydroxylation is 1. The van der Waals surface area contributed by atoms with Crippen LogP contribution < -0.4 is 10.2 Å². The van der Waals surface area contributed by atoms with E-state index in [1.807, 2.05) is 18.2 Å². The molecule has 0 saturated heterocycles. The van der Waals surface area contributed by atoms with Crippen molar-refractivity contribution in [2.75, 3.05) is 17.3 Å². The zero-order chi connectivity index (χ0) is 16.1. The molecule has 0 aliphatic heterocycles. The van der Waals surface area contributed by atoms with Crippen molar-refractivity contribution in [3.8, 4) is 0 Å². The fourth-order valence-corrected chi connectivity index (χ4v) is 1.93. The number of nitrogens with one attached hydrogen (secondary N) is 1. The monoisotopic (exact) mass is 300 g/mol. The first-order valence-electron chi connectivity index (χ1n) is 6.85. The second-order valence-corrected chi connectivity index (χ2v) is 4.98. The van der Waals surface area contributed by atoms with Gasteiger partial charge in [-0.1, -0.05) is 24.3 Å². The number of amides is 2. The molecule has 22 heavy (non-hydrogen) atoms. The molecule has 0 radical (unpaired) electrons. The number of hydrogen-bond acceptors (Lipinski definition) is 2. The van der Waals surface area contributed by atoms with Gasteiger partial charge in [0.05, 0.1) is 0 Å². The molecule has 2 amide bonds. The van der Waals surface area contributed by atoms with E-state index in [9.17, 15) is 14.0 Å². The molecule has 0 aromatic heterocycles. The molecule has 4 nitrogen and oxygen atoms in total. The van der Waals surface area contributed by atoms with Crippen molar-refractivity contribution in [1.29, 1.82) is 0 Å². The molecule has 0 saturated carbocycles. The number of carbonyl (C=O) groups excluding carboxylic acids is 2. The standard InChI is InChI=1S/C17H17FN2O2/c1-12-8-9-13(10-15(12)18)19-16(21)11-17(22)20(2)14-6-4-3-5-7-14/h3-10H,11H2,1-2H3,(H,19,21). The maximum atomic E-state index is 13.4. The van der Waals surface area contributed by atoms with Crippen molar-refractivity contribution in [3.63, 3.8) is 0 Å². The quantitative estimate of drug-likeness (QED) is 0.882. The predicted molar refractivity (Wildman–Crippen MR) is 84.2 cm³/mol. The topological polar surface area (TPSA) is 49.4 Å². The van der Waals surface area contributed by atoms with Crippen LogP contribution in [0.15, 0.2) is 48.5 Å². The normalized spacial score (nSPS) is 10.1. The molecule has 1 N–H and O–H groups in total. The van der Waals surface area contributed by atoms with Crippen LogP contribution in [0, 0.1) is 12.7 Å². The minimum atomic E-state index is -0.476. The highest BCUT2D eigenvalue weighted by molar-refractivity contribution is 6.08. The lowest BCUT2D eigenvalue weighted by molar-refractivity contribution is -0.125. The number of benzene rings is 2. The first-order chi connectivity index (χ1) is 10.5. The van der Waals surface area contributed by atoms with Gasteiger partial charge in [0.2, 0.25) is 11.8 Å². The van der Waals surface area contributed by atoms with E-state index in [0.29, 0.717) is 16.9 Å². The molecule has 0 atom stereocenters. The zero-order valence-electron chi connectivity index (χ0n) is 12.5. The van der Waals surface area contributed by atoms with Crippen LogP contribution in [0.1, 0.15) is 12.0 Å². The van der Waals surface area contributed by atoms with Crippen LogP contribution in [0.4, 0.5) is 15.8 Å². The third-order valence-electron chi connectivity index (χ3n) is 3.28. The summed E-state index contributed by atoms with van der Waals surface area (Å²) in [6.07, 6.45) is -0.305. The van der Waals surface area contributed by atoms with Gasteiger partial charge in [-0.05, 0) is 36.8 Å². The molecule has 0 heterocycles. The van der Waals surface area contributed by atoms with Gasteiger partial charge in [-0.25, -0.2) is 4.39 Å². The van der Waals surface area contributed by atoms with Crippen LogP contribution >= 0.6 is 0 Å². The van der Waals surface area contributed by atoms with Crippen LogP contribution in [0.25, 0.3) is 0 Å². The van der Waals surface area contributed by atoms with Crippen molar-refractivity contribution in [1.82, 2.24) is 0 Å². The third-order valence-corrected chi connectivity index (χ3v) is 3.28. The number of para-hydroxylation sites is 1. The first kappa shape index (κ1) is 15.7. The van der Waals surface area contributed by atoms with Crippen LogP contribution in [0.3, 0.4) is 0 Å². The Hall–Kier alpha value is -2.69. The van der Waals surface area contributed by atoms with Gasteiger partial charge in [0, 0.05) is 18.4 Å². The minimum Gasteiger partial charge on any atom is -0.326 e. The first-order valence-corrected chi connectivity index (χ1v) is 6.85. The van der Waals surface area contributed by atoms with Gasteiger partial charge in [0.15, 0.2) is 0 Å². The summed E-state index contributed by atoms with van der Waals surface area (Å²) in [5.74, 6) is -1.21. The summed E-state index contributed by atoms with van der Waals surface area (Å²) in [6, 6.07) is 13.4. The lowest BCUT2D eigenvalue weighted by Crippen LogP contribution is -2.30. The van der Waals surface area contributed by atoms with Crippen LogP contribution in [-0.2, 0) is 9.59 Å². The van der Waals surface area contributed by atoms with E-state index in [1.54, 1.807) is 38.2 Å². The summed E-state index contributed by atoms with van der Waals surface area (Å²) in [5.41, 5.74) is 1.54. The van der Waals surface area contributed by atoms with Gasteiger partial charge in [-0.3, -0.25) is 9.59 Å². The molecule has 0 spiro atoms. The lowest BCUT2D eigenvalue weighted by Gasteiger charge is -2.17. The van der Waals surface area contributed by atoms with E-state index < -0.39 is 11.7 Å². The Bertz CT molecular complexity index is 686. The maximum Gasteiger partial charge on any atom is 0.236 e. The molecule has 0 aliphatic rings. The Labute approximate surface area is 128 Å². The van der Waals surface area contributed by atoms with Crippen molar-refractivity contribution in [3.05, 3.63) is 59.9 Å². The van der Waals surface area contributed by atoms with E-state index >= 15 is 0 Å². The van der Waals surface area contributed by atoms with Gasteiger partial charge in [0.25, 0.3) is 0 Å². The highest BCUT2D eigenvalue weighted by atomic mass is 19.1. The number of anilines is 2. The zero-order valence-corrected chi connectivity index (χ0v) is 12.5. The molecule has 5 heteroatoms. The Morgan fingerprint density at radius 3 is 2.45 bits per heavy atom. The van der Waals surface area contributed by atoms with Crippen LogP contribution in [0.5, 0.6) is 0 Å². The van der Waals surface area contributed by atoms with Gasteiger partial charge < -0.3 is 10.2 Å². The minimum absolute atomic E-state index is 0.305. The second-order valence-electron chi connectivity index (χ2n) is 4.98. The average Bonchev–Trinajstić information content (AvgIpc) is 2.51. The van der Waals surface area contributed by atoms with Crippen LogP contribution in [0.2, 0.25) is 0 Å². The molecular weight excluding hydrogens is 283 g/mol. The van der Waals surface area contributed by atoms with Crippen LogP contribution in [-0.4, -0.2) is 18.9 Å². The summed E-state index contributed by atoms with van der Waals surface area (Å²) in [5, 5.41) is 2.52. The summed E-state index contributed by atoms with van der Waals surface area (Å²) in [4.78, 5) is 25.3. The average molecular weight is 300 g/mol. The number of hydrogen-bond donors (Lipinski definition) is 1. The number of carbonyl (C=O) groups is 2. The van der Waals surface area contributed by atoms with Gasteiger partial charge in [0.1, 0.15) is 12.2 Å². The molecular formula is C17H17FN2O2. The summed E-state index contributed by atoms with van der Waals surface area (Å²) >= 11 is 0. The lowest BCUT2D eigenvalue weighted by atomic mass is 10.2. The number of nitrogens with zero attached hydrogens (tertiary/aromatic N) is 1. The van der Waals surface area contributed by atoms with E-state index in [4.69, 9.17) is 0 Å². The molecule has 0 aliphatic carbocycles. The molecule has 2 aromatic carbocycles. The van der Waals surface area contributed by atoms with Crippen molar-refractivity contribution in [2.24, 2.45) is 0 Å². The molecule has 114 valence electrons. The fourth-order valence-electron chi connectivity index (χ4n) is 1.93. The van der Waals surface area contributed by atoms with E-state index in [0.717, 1.165) is 0 Å². The molecule has 2 aromatic rings. The van der Waals surface area contributed by atoms with Gasteiger partial charge in [-0.2, -0.15) is 0 Å². The number of halogens is 1. The number of rotatable bonds is 4. The van der Waals surface area contributed by atoms with Gasteiger partial charge in [-0.15, -0.1) is 0 Å². The Kier molecular flexibility index (Phi) is 4.88. The molecule has 0 fully saturated rings. The van der Waals surface area contributed by atoms with E-state index in [1.165, 1.54) is 11.0 Å². The van der Waals surface area contributed by atoms with Crippen molar-refractivity contribution in [2.45, 2.75) is 13.3 Å². The Morgan fingerprint density at radius 1 is 1.14 bits per heavy atom. The fraction of sp³-hybridized carbons (Fsp3) is 0.176. The summed E-state index contributed by atoms with van der Waals surface area (Å²) in [6.45, 7) is 1.64. The largest absolute Gasteiger partial charge is 0.326 e. The summed E-state index contributed by atoms with van der Waals surface area (Å²) in [7, 11) is 1.61. The SMILES string of the molecule is Cc1ccc(NC(=O)CC(=O)N(C)c2ccccc2)cc1F. The molecule has 0 unspecified atom stereocenters. The highest BCUT2D eigenvalue weighted by Gasteiger charge is 2.15. The predicted octanol–water partition coefficient (Wildman–Crippen LogP) is 3.13. The third kappa shape index (κ3) is 3.91. The van der Waals surface area contributed by atoms with Gasteiger partial charge >= 0.3 is 0 Å². The smallest absolute Gasteiger partial charge is 0.236 e. The highest BCUT2D eigenvalue weighted by Crippen LogP contribution is 2.15. The Morgan fingerprint density at radius 2 is 1.82 bits per heavy atom.